The van der Waals surface area contributed by atoms with E-state index in [4.69, 9.17) is 4.74 Å². The molecule has 0 spiro atoms. The Morgan fingerprint density at radius 1 is 0.795 bits per heavy atom. The first-order chi connectivity index (χ1) is 19.0. The van der Waals surface area contributed by atoms with Crippen molar-refractivity contribution in [2.75, 3.05) is 6.61 Å². The summed E-state index contributed by atoms with van der Waals surface area (Å²) in [6.45, 7) is 10.3. The van der Waals surface area contributed by atoms with Crippen LogP contribution in [-0.2, 0) is 19.4 Å². The van der Waals surface area contributed by atoms with E-state index in [0.717, 1.165) is 60.2 Å². The number of benzene rings is 3. The van der Waals surface area contributed by atoms with Crippen molar-refractivity contribution in [1.29, 1.82) is 0 Å². The summed E-state index contributed by atoms with van der Waals surface area (Å²) in [5, 5.41) is 1.36. The van der Waals surface area contributed by atoms with Crippen LogP contribution in [0, 0.1) is 31.5 Å². The van der Waals surface area contributed by atoms with Gasteiger partial charge in [-0.2, -0.15) is 0 Å². The Bertz CT molecular complexity index is 1440. The number of aryl methyl sites for hydroxylation is 3. The van der Waals surface area contributed by atoms with Crippen molar-refractivity contribution < 1.29 is 9.13 Å². The molecule has 0 radical (unpaired) electrons. The third kappa shape index (κ3) is 7.12. The zero-order valence-corrected chi connectivity index (χ0v) is 24.1. The predicted molar refractivity (Wildman–Crippen MR) is 162 cm³/mol. The highest BCUT2D eigenvalue weighted by atomic mass is 19.1. The Morgan fingerprint density at radius 2 is 1.56 bits per heavy atom. The van der Waals surface area contributed by atoms with Gasteiger partial charge in [0.1, 0.15) is 11.6 Å². The molecule has 0 N–H and O–H groups in total. The van der Waals surface area contributed by atoms with Crippen LogP contribution in [0.4, 0.5) is 4.39 Å². The van der Waals surface area contributed by atoms with Gasteiger partial charge in [-0.3, -0.25) is 0 Å². The molecule has 0 amide bonds. The van der Waals surface area contributed by atoms with Crippen LogP contribution in [0.25, 0.3) is 10.9 Å². The fourth-order valence-corrected chi connectivity index (χ4v) is 5.27. The van der Waals surface area contributed by atoms with Gasteiger partial charge in [0.15, 0.2) is 0 Å². The fraction of sp³-hybridized carbons (Fsp3) is 0.389. The number of hydrogen-bond acceptors (Lipinski definition) is 1. The SMILES string of the molecule is CCCCc1c(C)n(CCCC)c2c(C#Cc3ccc(OCCCCc4cccc(F)c4C)cc3)cccc12. The summed E-state index contributed by atoms with van der Waals surface area (Å²) in [6.07, 6.45) is 8.66. The van der Waals surface area contributed by atoms with Crippen LogP contribution in [0.1, 0.15) is 85.9 Å². The molecule has 0 saturated heterocycles. The smallest absolute Gasteiger partial charge is 0.126 e. The van der Waals surface area contributed by atoms with E-state index in [1.54, 1.807) is 6.07 Å². The first kappa shape index (κ1) is 28.5. The van der Waals surface area contributed by atoms with Crippen LogP contribution in [0.5, 0.6) is 5.75 Å². The van der Waals surface area contributed by atoms with Gasteiger partial charge in [0.2, 0.25) is 0 Å². The zero-order chi connectivity index (χ0) is 27.6. The van der Waals surface area contributed by atoms with Crippen molar-refractivity contribution >= 4 is 10.9 Å². The van der Waals surface area contributed by atoms with Crippen molar-refractivity contribution in [2.45, 2.75) is 85.6 Å². The van der Waals surface area contributed by atoms with Crippen molar-refractivity contribution in [3.8, 4) is 17.6 Å². The highest BCUT2D eigenvalue weighted by Gasteiger charge is 2.15. The molecule has 4 aromatic rings. The molecule has 1 aromatic heterocycles. The van der Waals surface area contributed by atoms with Crippen LogP contribution in [0.3, 0.4) is 0 Å². The molecule has 0 atom stereocenters. The lowest BCUT2D eigenvalue weighted by molar-refractivity contribution is 0.307. The minimum atomic E-state index is -0.124. The van der Waals surface area contributed by atoms with Gasteiger partial charge in [-0.15, -0.1) is 0 Å². The van der Waals surface area contributed by atoms with E-state index < -0.39 is 0 Å². The predicted octanol–water partition coefficient (Wildman–Crippen LogP) is 9.34. The van der Waals surface area contributed by atoms with Crippen LogP contribution < -0.4 is 4.74 Å². The van der Waals surface area contributed by atoms with E-state index in [9.17, 15) is 4.39 Å². The van der Waals surface area contributed by atoms with Gasteiger partial charge in [-0.25, -0.2) is 4.39 Å². The van der Waals surface area contributed by atoms with Gasteiger partial charge < -0.3 is 9.30 Å². The Balaban J connectivity index is 1.41. The summed E-state index contributed by atoms with van der Waals surface area (Å²) in [5.41, 5.74) is 8.09. The van der Waals surface area contributed by atoms with Crippen molar-refractivity contribution in [3.63, 3.8) is 0 Å². The number of aromatic nitrogens is 1. The van der Waals surface area contributed by atoms with Gasteiger partial charge in [0.25, 0.3) is 0 Å². The van der Waals surface area contributed by atoms with E-state index in [1.807, 2.05) is 37.3 Å². The first-order valence-electron chi connectivity index (χ1n) is 14.6. The lowest BCUT2D eigenvalue weighted by atomic mass is 10.0. The molecule has 4 rings (SSSR count). The van der Waals surface area contributed by atoms with Gasteiger partial charge in [-0.05, 0) is 105 Å². The number of para-hydroxylation sites is 1. The Hall–Kier alpha value is -3.51. The maximum absolute atomic E-state index is 13.7. The largest absolute Gasteiger partial charge is 0.494 e. The molecule has 0 aliphatic carbocycles. The molecule has 2 nitrogen and oxygen atoms in total. The van der Waals surface area contributed by atoms with Crippen molar-refractivity contribution in [3.05, 3.63) is 100.0 Å². The second-order valence-electron chi connectivity index (χ2n) is 10.5. The minimum Gasteiger partial charge on any atom is -0.494 e. The molecular weight excluding hydrogens is 481 g/mol. The number of halogens is 1. The fourth-order valence-electron chi connectivity index (χ4n) is 5.27. The molecule has 0 saturated carbocycles. The minimum absolute atomic E-state index is 0.124. The third-order valence-corrected chi connectivity index (χ3v) is 7.67. The molecule has 3 heteroatoms. The second kappa shape index (κ2) is 14.0. The average molecular weight is 524 g/mol. The van der Waals surface area contributed by atoms with Gasteiger partial charge in [-0.1, -0.05) is 62.8 Å². The monoisotopic (exact) mass is 523 g/mol. The number of unbranched alkanes of at least 4 members (excludes halogenated alkanes) is 3. The van der Waals surface area contributed by atoms with E-state index in [1.165, 1.54) is 53.9 Å². The highest BCUT2D eigenvalue weighted by molar-refractivity contribution is 5.90. The first-order valence-corrected chi connectivity index (χ1v) is 14.6. The van der Waals surface area contributed by atoms with Crippen LogP contribution in [-0.4, -0.2) is 11.2 Å². The summed E-state index contributed by atoms with van der Waals surface area (Å²) in [6, 6.07) is 20.0. The number of fused-ring (bicyclic) bond motifs is 1. The van der Waals surface area contributed by atoms with E-state index in [-0.39, 0.29) is 5.82 Å². The second-order valence-corrected chi connectivity index (χ2v) is 10.5. The quantitative estimate of drug-likeness (QED) is 0.133. The topological polar surface area (TPSA) is 14.2 Å². The molecule has 0 fully saturated rings. The summed E-state index contributed by atoms with van der Waals surface area (Å²) < 4.78 is 22.2. The molecule has 0 aliphatic heterocycles. The molecule has 204 valence electrons. The standard InChI is InChI=1S/C36H42FNO/c1-5-7-16-33-28(4)38(25-8-6-2)36-31(15-11-17-34(33)36)22-19-29-20-23-32(24-21-29)39-26-10-9-13-30-14-12-18-35(37)27(30)3/h11-12,14-15,17-18,20-21,23-24H,5-10,13,16,25-26H2,1-4H3. The van der Waals surface area contributed by atoms with Crippen LogP contribution in [0.15, 0.2) is 60.7 Å². The molecular formula is C36H42FNO. The van der Waals surface area contributed by atoms with Gasteiger partial charge >= 0.3 is 0 Å². The Kier molecular flexibility index (Phi) is 10.3. The molecule has 39 heavy (non-hydrogen) atoms. The summed E-state index contributed by atoms with van der Waals surface area (Å²) in [7, 11) is 0. The van der Waals surface area contributed by atoms with Crippen LogP contribution >= 0.6 is 0 Å². The molecule has 0 unspecified atom stereocenters. The Labute approximate surface area is 234 Å². The maximum Gasteiger partial charge on any atom is 0.126 e. The van der Waals surface area contributed by atoms with Crippen molar-refractivity contribution in [1.82, 2.24) is 4.57 Å². The molecule has 0 bridgehead atoms. The summed E-state index contributed by atoms with van der Waals surface area (Å²) >= 11 is 0. The lowest BCUT2D eigenvalue weighted by Crippen LogP contribution is -2.02. The van der Waals surface area contributed by atoms with E-state index >= 15 is 0 Å². The summed E-state index contributed by atoms with van der Waals surface area (Å²) in [4.78, 5) is 0. The van der Waals surface area contributed by atoms with Gasteiger partial charge in [0.05, 0.1) is 12.1 Å². The van der Waals surface area contributed by atoms with Crippen LogP contribution in [0.2, 0.25) is 0 Å². The number of ether oxygens (including phenoxy) is 1. The number of hydrogen-bond donors (Lipinski definition) is 0. The van der Waals surface area contributed by atoms with E-state index in [0.29, 0.717) is 6.61 Å². The normalized spacial score (nSPS) is 11.0. The molecule has 1 heterocycles. The molecule has 3 aromatic carbocycles. The van der Waals surface area contributed by atoms with Crippen molar-refractivity contribution in [2.24, 2.45) is 0 Å². The van der Waals surface area contributed by atoms with E-state index in [2.05, 4.69) is 55.4 Å². The lowest BCUT2D eigenvalue weighted by Gasteiger charge is -2.09. The zero-order valence-electron chi connectivity index (χ0n) is 24.1. The number of nitrogens with zero attached hydrogens (tertiary/aromatic N) is 1. The highest BCUT2D eigenvalue weighted by Crippen LogP contribution is 2.30. The molecule has 0 aliphatic rings. The number of rotatable bonds is 12. The third-order valence-electron chi connectivity index (χ3n) is 7.67. The summed E-state index contributed by atoms with van der Waals surface area (Å²) in [5.74, 6) is 7.60. The average Bonchev–Trinajstić information content (AvgIpc) is 3.22. The maximum atomic E-state index is 13.7. The van der Waals surface area contributed by atoms with Gasteiger partial charge in [0, 0.05) is 28.8 Å². The Morgan fingerprint density at radius 3 is 2.33 bits per heavy atom.